The monoisotopic (exact) mass is 520 g/mol. The van der Waals surface area contributed by atoms with Crippen molar-refractivity contribution in [3.63, 3.8) is 0 Å². The van der Waals surface area contributed by atoms with E-state index in [2.05, 4.69) is 10.6 Å². The van der Waals surface area contributed by atoms with Crippen LogP contribution in [-0.4, -0.2) is 42.1 Å². The third-order valence-corrected chi connectivity index (χ3v) is 6.30. The number of para-hydroxylation sites is 1. The van der Waals surface area contributed by atoms with E-state index in [-0.39, 0.29) is 36.6 Å². The van der Waals surface area contributed by atoms with Gasteiger partial charge in [0.05, 0.1) is 17.6 Å². The minimum atomic E-state index is -0.798. The lowest BCUT2D eigenvalue weighted by Gasteiger charge is -2.26. The lowest BCUT2D eigenvalue weighted by Crippen LogP contribution is -2.35. The Bertz CT molecular complexity index is 1260. The number of carboxylic acid groups (broad SMARTS) is 1. The zero-order valence-corrected chi connectivity index (χ0v) is 20.7. The summed E-state index contributed by atoms with van der Waals surface area (Å²) >= 11 is 0. The molecule has 0 bridgehead atoms. The van der Waals surface area contributed by atoms with Crippen LogP contribution < -0.4 is 20.1 Å². The molecule has 0 radical (unpaired) electrons. The average Bonchev–Trinajstić information content (AvgIpc) is 2.92. The van der Waals surface area contributed by atoms with Crippen LogP contribution in [0.25, 0.3) is 0 Å². The zero-order valence-electron chi connectivity index (χ0n) is 20.7. The Labute approximate surface area is 219 Å². The number of carbonyl (C=O) groups excluding carboxylic acids is 2. The van der Waals surface area contributed by atoms with E-state index in [9.17, 15) is 18.8 Å². The van der Waals surface area contributed by atoms with Gasteiger partial charge in [-0.3, -0.25) is 14.4 Å². The van der Waals surface area contributed by atoms with E-state index in [0.29, 0.717) is 48.5 Å². The fourth-order valence-electron chi connectivity index (χ4n) is 4.22. The fourth-order valence-corrected chi connectivity index (χ4v) is 4.22. The first kappa shape index (κ1) is 26.7. The quantitative estimate of drug-likeness (QED) is 0.331. The van der Waals surface area contributed by atoms with Crippen molar-refractivity contribution in [1.29, 1.82) is 0 Å². The van der Waals surface area contributed by atoms with Crippen molar-refractivity contribution in [2.75, 3.05) is 13.1 Å². The Kier molecular flexibility index (Phi) is 8.92. The Morgan fingerprint density at radius 1 is 0.789 bits per heavy atom. The minimum absolute atomic E-state index is 0.115. The first-order valence-electron chi connectivity index (χ1n) is 12.5. The Hall–Kier alpha value is -4.40. The van der Waals surface area contributed by atoms with E-state index in [4.69, 9.17) is 14.6 Å². The van der Waals surface area contributed by atoms with Gasteiger partial charge in [0.25, 0.3) is 11.8 Å². The van der Waals surface area contributed by atoms with Crippen LogP contribution in [0.5, 0.6) is 17.2 Å². The van der Waals surface area contributed by atoms with Gasteiger partial charge in [0.1, 0.15) is 23.1 Å². The van der Waals surface area contributed by atoms with Gasteiger partial charge in [0.15, 0.2) is 0 Å². The molecule has 1 saturated carbocycles. The molecule has 4 rings (SSSR count). The smallest absolute Gasteiger partial charge is 0.306 e. The number of aliphatic carboxylic acids is 1. The summed E-state index contributed by atoms with van der Waals surface area (Å²) in [6.07, 6.45) is 2.03. The molecule has 38 heavy (non-hydrogen) atoms. The van der Waals surface area contributed by atoms with E-state index in [1.54, 1.807) is 24.3 Å². The minimum Gasteiger partial charge on any atom is -0.490 e. The van der Waals surface area contributed by atoms with Crippen molar-refractivity contribution in [3.8, 4) is 17.2 Å². The molecule has 2 amide bonds. The molecule has 0 aliphatic heterocycles. The number of halogens is 1. The summed E-state index contributed by atoms with van der Waals surface area (Å²) in [5.74, 6) is -1.20. The van der Waals surface area contributed by atoms with Crippen molar-refractivity contribution in [2.45, 2.75) is 31.8 Å². The standard InChI is InChI=1S/C29H29FN2O6/c30-26-18-24(38-23-12-8-20(9-13-23)29(35)36)14-15-25(26)28(34)32-17-16-31-27(33)19-6-10-22(11-7-19)37-21-4-2-1-3-5-21/h1-7,10-11,14-15,18,20,23H,8-9,12-13,16-17H2,(H,31,33)(H,32,34)(H,35,36). The number of ether oxygens (including phenoxy) is 2. The van der Waals surface area contributed by atoms with Crippen molar-refractivity contribution >= 4 is 17.8 Å². The molecule has 1 fully saturated rings. The van der Waals surface area contributed by atoms with Crippen molar-refractivity contribution in [1.82, 2.24) is 10.6 Å². The van der Waals surface area contributed by atoms with Gasteiger partial charge in [-0.1, -0.05) is 18.2 Å². The van der Waals surface area contributed by atoms with Crippen molar-refractivity contribution < 1.29 is 33.4 Å². The highest BCUT2D eigenvalue weighted by Crippen LogP contribution is 2.28. The summed E-state index contributed by atoms with van der Waals surface area (Å²) in [6.45, 7) is 0.277. The van der Waals surface area contributed by atoms with Gasteiger partial charge in [-0.25, -0.2) is 4.39 Å². The predicted octanol–water partition coefficient (Wildman–Crippen LogP) is 4.80. The Morgan fingerprint density at radius 2 is 1.39 bits per heavy atom. The molecule has 198 valence electrons. The summed E-state index contributed by atoms with van der Waals surface area (Å²) in [5.41, 5.74) is 0.307. The zero-order chi connectivity index (χ0) is 26.9. The average molecular weight is 521 g/mol. The third-order valence-electron chi connectivity index (χ3n) is 6.30. The molecule has 3 aromatic carbocycles. The molecule has 0 spiro atoms. The van der Waals surface area contributed by atoms with Gasteiger partial charge < -0.3 is 25.2 Å². The van der Waals surface area contributed by atoms with Crippen LogP contribution in [0.15, 0.2) is 72.8 Å². The molecule has 0 heterocycles. The Balaban J connectivity index is 1.19. The van der Waals surface area contributed by atoms with Gasteiger partial charge in [0, 0.05) is 24.7 Å². The molecule has 3 N–H and O–H groups in total. The second-order valence-corrected chi connectivity index (χ2v) is 9.02. The topological polar surface area (TPSA) is 114 Å². The number of nitrogens with one attached hydrogen (secondary N) is 2. The summed E-state index contributed by atoms with van der Waals surface area (Å²) in [7, 11) is 0. The molecule has 3 aromatic rings. The number of carboxylic acids is 1. The molecule has 1 aliphatic carbocycles. The number of hydrogen-bond acceptors (Lipinski definition) is 5. The normalized spacial score (nSPS) is 16.8. The Morgan fingerprint density at radius 3 is 2.03 bits per heavy atom. The fraction of sp³-hybridized carbons (Fsp3) is 0.276. The lowest BCUT2D eigenvalue weighted by atomic mass is 9.87. The van der Waals surface area contributed by atoms with Gasteiger partial charge in [-0.05, 0) is 74.2 Å². The molecule has 0 atom stereocenters. The van der Waals surface area contributed by atoms with Crippen LogP contribution in [0.2, 0.25) is 0 Å². The van der Waals surface area contributed by atoms with Gasteiger partial charge in [-0.2, -0.15) is 0 Å². The highest BCUT2D eigenvalue weighted by molar-refractivity contribution is 5.95. The number of amides is 2. The van der Waals surface area contributed by atoms with E-state index in [1.807, 2.05) is 30.3 Å². The van der Waals surface area contributed by atoms with Crippen molar-refractivity contribution in [2.24, 2.45) is 5.92 Å². The second-order valence-electron chi connectivity index (χ2n) is 9.02. The van der Waals surface area contributed by atoms with Crippen LogP contribution >= 0.6 is 0 Å². The third kappa shape index (κ3) is 7.32. The maximum atomic E-state index is 14.6. The molecule has 9 heteroatoms. The summed E-state index contributed by atoms with van der Waals surface area (Å²) in [6, 6.07) is 20.0. The van der Waals surface area contributed by atoms with E-state index < -0.39 is 17.7 Å². The summed E-state index contributed by atoms with van der Waals surface area (Å²) in [5, 5.41) is 14.4. The van der Waals surface area contributed by atoms with E-state index >= 15 is 0 Å². The molecule has 0 saturated heterocycles. The highest BCUT2D eigenvalue weighted by atomic mass is 19.1. The lowest BCUT2D eigenvalue weighted by molar-refractivity contribution is -0.143. The highest BCUT2D eigenvalue weighted by Gasteiger charge is 2.27. The van der Waals surface area contributed by atoms with Crippen LogP contribution in [0.4, 0.5) is 4.39 Å². The summed E-state index contributed by atoms with van der Waals surface area (Å²) < 4.78 is 26.0. The maximum absolute atomic E-state index is 14.6. The molecule has 1 aliphatic rings. The second kappa shape index (κ2) is 12.7. The van der Waals surface area contributed by atoms with Crippen LogP contribution in [0.1, 0.15) is 46.4 Å². The number of benzene rings is 3. The van der Waals surface area contributed by atoms with Gasteiger partial charge in [0.2, 0.25) is 0 Å². The molecular weight excluding hydrogens is 491 g/mol. The molecular formula is C29H29FN2O6. The van der Waals surface area contributed by atoms with Gasteiger partial charge >= 0.3 is 5.97 Å². The molecule has 8 nitrogen and oxygen atoms in total. The largest absolute Gasteiger partial charge is 0.490 e. The van der Waals surface area contributed by atoms with E-state index in [1.165, 1.54) is 12.1 Å². The SMILES string of the molecule is O=C(NCCNC(=O)c1ccc(OC2CCC(C(=O)O)CC2)cc1F)c1ccc(Oc2ccccc2)cc1. The summed E-state index contributed by atoms with van der Waals surface area (Å²) in [4.78, 5) is 35.8. The van der Waals surface area contributed by atoms with E-state index in [0.717, 1.165) is 6.07 Å². The first-order chi connectivity index (χ1) is 18.4. The van der Waals surface area contributed by atoms with Crippen LogP contribution in [0.3, 0.4) is 0 Å². The first-order valence-corrected chi connectivity index (χ1v) is 12.5. The predicted molar refractivity (Wildman–Crippen MR) is 138 cm³/mol. The van der Waals surface area contributed by atoms with Crippen molar-refractivity contribution in [3.05, 3.63) is 89.7 Å². The molecule has 0 aromatic heterocycles. The van der Waals surface area contributed by atoms with Crippen LogP contribution in [-0.2, 0) is 4.79 Å². The van der Waals surface area contributed by atoms with Crippen LogP contribution in [0, 0.1) is 11.7 Å². The van der Waals surface area contributed by atoms with Gasteiger partial charge in [-0.15, -0.1) is 0 Å². The number of rotatable bonds is 10. The number of hydrogen-bond donors (Lipinski definition) is 3. The molecule has 0 unspecified atom stereocenters. The number of carbonyl (C=O) groups is 3. The maximum Gasteiger partial charge on any atom is 0.306 e.